The SMILES string of the molecule is Cc1nn(-c2ccccc2C(=O)O)c2c1[C@@H](c1ccccc1OCC(=O)OC(C)C)C1=C(C[C@@H](c3cccs3)CC1=O)N2. The van der Waals surface area contributed by atoms with E-state index in [1.165, 1.54) is 0 Å². The summed E-state index contributed by atoms with van der Waals surface area (Å²) in [5.74, 6) is -1.01. The van der Waals surface area contributed by atoms with Crippen LogP contribution in [0.25, 0.3) is 5.69 Å². The van der Waals surface area contributed by atoms with Crippen molar-refractivity contribution in [1.82, 2.24) is 9.78 Å². The second-order valence-corrected chi connectivity index (χ2v) is 11.9. The van der Waals surface area contributed by atoms with Gasteiger partial charge in [-0.1, -0.05) is 36.4 Å². The average Bonchev–Trinajstić information content (AvgIpc) is 3.63. The fraction of sp³-hybridized carbons (Fsp3) is 0.273. The van der Waals surface area contributed by atoms with Crippen LogP contribution in [0.2, 0.25) is 0 Å². The standard InChI is InChI=1S/C33H31N3O6S/c1-18(2)42-28(38)17-41-26-12-7-5-10-22(26)30-29-19(3)35-36(24-11-6-4-9-21(24)33(39)40)32(29)34-23-15-20(16-25(37)31(23)30)27-13-8-14-43-27/h4-14,18,20,30,34H,15-17H2,1-3H3,(H,39,40)/t20-,30-/m1/s1. The first-order chi connectivity index (χ1) is 20.7. The van der Waals surface area contributed by atoms with E-state index < -0.39 is 17.9 Å². The maximum Gasteiger partial charge on any atom is 0.344 e. The summed E-state index contributed by atoms with van der Waals surface area (Å²) >= 11 is 1.63. The summed E-state index contributed by atoms with van der Waals surface area (Å²) in [6.07, 6.45) is 0.696. The molecule has 9 nitrogen and oxygen atoms in total. The van der Waals surface area contributed by atoms with Crippen molar-refractivity contribution in [3.05, 3.63) is 105 Å². The molecule has 0 saturated heterocycles. The minimum atomic E-state index is -1.07. The van der Waals surface area contributed by atoms with Crippen LogP contribution in [-0.2, 0) is 14.3 Å². The number of carboxylic acid groups (broad SMARTS) is 1. The molecule has 1 aliphatic heterocycles. The molecular weight excluding hydrogens is 566 g/mol. The Morgan fingerprint density at radius 3 is 2.60 bits per heavy atom. The van der Waals surface area contributed by atoms with E-state index >= 15 is 0 Å². The van der Waals surface area contributed by atoms with Crippen molar-refractivity contribution >= 4 is 34.9 Å². The van der Waals surface area contributed by atoms with Gasteiger partial charge in [-0.2, -0.15) is 5.10 Å². The number of thiophene rings is 1. The van der Waals surface area contributed by atoms with Gasteiger partial charge in [0.05, 0.1) is 23.0 Å². The lowest BCUT2D eigenvalue weighted by atomic mass is 9.73. The monoisotopic (exact) mass is 597 g/mol. The van der Waals surface area contributed by atoms with Crippen LogP contribution >= 0.6 is 11.3 Å². The van der Waals surface area contributed by atoms with Crippen LogP contribution in [0.3, 0.4) is 0 Å². The van der Waals surface area contributed by atoms with Gasteiger partial charge in [-0.15, -0.1) is 11.3 Å². The molecule has 3 heterocycles. The molecule has 2 aromatic heterocycles. The maximum absolute atomic E-state index is 14.0. The van der Waals surface area contributed by atoms with Crippen LogP contribution in [0.5, 0.6) is 5.75 Å². The van der Waals surface area contributed by atoms with Gasteiger partial charge in [0.25, 0.3) is 0 Å². The van der Waals surface area contributed by atoms with Crippen LogP contribution in [-0.4, -0.2) is 45.3 Å². The van der Waals surface area contributed by atoms with Crippen molar-refractivity contribution in [3.8, 4) is 11.4 Å². The number of nitrogens with zero attached hydrogens (tertiary/aromatic N) is 2. The van der Waals surface area contributed by atoms with Crippen LogP contribution < -0.4 is 10.1 Å². The number of Topliss-reactive ketones (excluding diaryl/α,β-unsaturated/α-hetero) is 1. The number of hydrogen-bond acceptors (Lipinski definition) is 8. The molecule has 1 aliphatic carbocycles. The van der Waals surface area contributed by atoms with Crippen molar-refractivity contribution in [2.75, 3.05) is 11.9 Å². The Kier molecular flexibility index (Phi) is 7.62. The van der Waals surface area contributed by atoms with Crippen LogP contribution in [0.4, 0.5) is 5.82 Å². The number of aromatic carboxylic acids is 1. The number of ketones is 1. The summed E-state index contributed by atoms with van der Waals surface area (Å²) in [6, 6.07) is 18.1. The predicted octanol–water partition coefficient (Wildman–Crippen LogP) is 6.23. The molecule has 2 atom stereocenters. The highest BCUT2D eigenvalue weighted by Gasteiger charge is 2.42. The zero-order valence-corrected chi connectivity index (χ0v) is 24.8. The van der Waals surface area contributed by atoms with Crippen LogP contribution in [0, 0.1) is 6.92 Å². The van der Waals surface area contributed by atoms with Gasteiger partial charge in [-0.05, 0) is 56.8 Å². The first-order valence-corrected chi connectivity index (χ1v) is 15.0. The Morgan fingerprint density at radius 1 is 1.09 bits per heavy atom. The first kappa shape index (κ1) is 28.4. The van der Waals surface area contributed by atoms with E-state index in [4.69, 9.17) is 14.6 Å². The Bertz CT molecular complexity index is 1750. The van der Waals surface area contributed by atoms with Gasteiger partial charge >= 0.3 is 11.9 Å². The number of hydrogen-bond donors (Lipinski definition) is 2. The lowest BCUT2D eigenvalue weighted by Crippen LogP contribution is -2.30. The lowest BCUT2D eigenvalue weighted by Gasteiger charge is -2.36. The number of anilines is 1. The summed E-state index contributed by atoms with van der Waals surface area (Å²) in [5.41, 5.74) is 4.03. The molecule has 0 radical (unpaired) electrons. The zero-order valence-electron chi connectivity index (χ0n) is 24.0. The van der Waals surface area contributed by atoms with E-state index in [1.54, 1.807) is 60.2 Å². The number of fused-ring (bicyclic) bond motifs is 1. The number of aromatic nitrogens is 2. The third-order valence-corrected chi connectivity index (χ3v) is 8.75. The van der Waals surface area contributed by atoms with E-state index in [-0.39, 0.29) is 30.0 Å². The fourth-order valence-corrected chi connectivity index (χ4v) is 6.84. The number of allylic oxidation sites excluding steroid dienone is 2. The summed E-state index contributed by atoms with van der Waals surface area (Å²) in [5, 5.41) is 20.3. The molecule has 2 N–H and O–H groups in total. The number of esters is 1. The molecule has 0 unspecified atom stereocenters. The summed E-state index contributed by atoms with van der Waals surface area (Å²) in [6.45, 7) is 5.12. The highest BCUT2D eigenvalue weighted by molar-refractivity contribution is 7.10. The summed E-state index contributed by atoms with van der Waals surface area (Å²) in [7, 11) is 0. The first-order valence-electron chi connectivity index (χ1n) is 14.1. The minimum absolute atomic E-state index is 0.0158. The number of rotatable bonds is 8. The van der Waals surface area contributed by atoms with E-state index in [9.17, 15) is 19.5 Å². The van der Waals surface area contributed by atoms with Crippen LogP contribution in [0.1, 0.15) is 70.6 Å². The van der Waals surface area contributed by atoms with Crippen molar-refractivity contribution in [1.29, 1.82) is 0 Å². The molecule has 220 valence electrons. The molecular formula is C33H31N3O6S. The number of ether oxygens (including phenoxy) is 2. The highest BCUT2D eigenvalue weighted by Crippen LogP contribution is 2.51. The lowest BCUT2D eigenvalue weighted by molar-refractivity contribution is -0.149. The van der Waals surface area contributed by atoms with Gasteiger partial charge in [0.2, 0.25) is 0 Å². The largest absolute Gasteiger partial charge is 0.482 e. The van der Waals surface area contributed by atoms with Crippen molar-refractivity contribution < 1.29 is 29.0 Å². The number of aryl methyl sites for hydroxylation is 1. The number of carboxylic acids is 1. The molecule has 10 heteroatoms. The van der Waals surface area contributed by atoms with Crippen molar-refractivity contribution in [2.24, 2.45) is 0 Å². The molecule has 43 heavy (non-hydrogen) atoms. The minimum Gasteiger partial charge on any atom is -0.482 e. The number of para-hydroxylation sites is 2. The second-order valence-electron chi connectivity index (χ2n) is 10.9. The molecule has 2 aromatic carbocycles. The van der Waals surface area contributed by atoms with E-state index in [0.717, 1.165) is 16.1 Å². The number of benzene rings is 2. The zero-order chi connectivity index (χ0) is 30.2. The molecule has 0 amide bonds. The third kappa shape index (κ3) is 5.34. The molecule has 4 aromatic rings. The van der Waals surface area contributed by atoms with Gasteiger partial charge in [-0.25, -0.2) is 14.3 Å². The molecule has 0 saturated carbocycles. The second kappa shape index (κ2) is 11.5. The molecule has 0 fully saturated rings. The smallest absolute Gasteiger partial charge is 0.344 e. The molecule has 6 rings (SSSR count). The third-order valence-electron chi connectivity index (χ3n) is 7.71. The Balaban J connectivity index is 1.51. The van der Waals surface area contributed by atoms with Gasteiger partial charge in [0.1, 0.15) is 11.6 Å². The number of carbonyl (C=O) groups is 3. The van der Waals surface area contributed by atoms with Gasteiger partial charge < -0.3 is 19.9 Å². The predicted molar refractivity (Wildman–Crippen MR) is 162 cm³/mol. The fourth-order valence-electron chi connectivity index (χ4n) is 6.01. The quantitative estimate of drug-likeness (QED) is 0.230. The molecule has 0 spiro atoms. The van der Waals surface area contributed by atoms with E-state index in [1.807, 2.05) is 36.6 Å². The van der Waals surface area contributed by atoms with E-state index in [0.29, 0.717) is 46.9 Å². The molecule has 2 aliphatic rings. The van der Waals surface area contributed by atoms with Gasteiger partial charge in [0, 0.05) is 45.5 Å². The van der Waals surface area contributed by atoms with Crippen molar-refractivity contribution in [3.63, 3.8) is 0 Å². The summed E-state index contributed by atoms with van der Waals surface area (Å²) < 4.78 is 12.9. The van der Waals surface area contributed by atoms with E-state index in [2.05, 4.69) is 11.4 Å². The van der Waals surface area contributed by atoms with Gasteiger partial charge in [0.15, 0.2) is 12.4 Å². The Hall–Kier alpha value is -4.70. The van der Waals surface area contributed by atoms with Gasteiger partial charge in [-0.3, -0.25) is 4.79 Å². The Morgan fingerprint density at radius 2 is 1.86 bits per heavy atom. The molecule has 0 bridgehead atoms. The average molecular weight is 598 g/mol. The number of carbonyl (C=O) groups excluding carboxylic acids is 2. The maximum atomic E-state index is 14.0. The highest BCUT2D eigenvalue weighted by atomic mass is 32.1. The normalized spacial score (nSPS) is 17.7. The Labute approximate surface area is 252 Å². The number of nitrogens with one attached hydrogen (secondary N) is 1. The topological polar surface area (TPSA) is 120 Å². The summed E-state index contributed by atoms with van der Waals surface area (Å²) in [4.78, 5) is 39.7. The van der Waals surface area contributed by atoms with Crippen LogP contribution in [0.15, 0.2) is 77.3 Å². The van der Waals surface area contributed by atoms with Crippen molar-refractivity contribution in [2.45, 2.75) is 51.6 Å².